The Bertz CT molecular complexity index is 947. The number of benzene rings is 1. The summed E-state index contributed by atoms with van der Waals surface area (Å²) in [6.07, 6.45) is 0.214. The Morgan fingerprint density at radius 3 is 2.96 bits per heavy atom. The number of hydrogen-bond donors (Lipinski definition) is 1. The molecule has 1 aliphatic rings. The number of aromatic nitrogens is 3. The number of carbonyl (C=O) groups excluding carboxylic acids is 1. The van der Waals surface area contributed by atoms with Crippen LogP contribution in [-0.2, 0) is 18.3 Å². The van der Waals surface area contributed by atoms with Gasteiger partial charge in [0, 0.05) is 24.1 Å². The van der Waals surface area contributed by atoms with Gasteiger partial charge in [0.25, 0.3) is 0 Å². The average molecular weight is 356 g/mol. The molecule has 3 heterocycles. The van der Waals surface area contributed by atoms with E-state index in [1.165, 1.54) is 11.3 Å². The summed E-state index contributed by atoms with van der Waals surface area (Å²) in [5, 5.41) is 9.80. The number of anilines is 1. The number of fused-ring (bicyclic) bond motifs is 1. The van der Waals surface area contributed by atoms with Crippen LogP contribution in [0.5, 0.6) is 11.5 Å². The lowest BCUT2D eigenvalue weighted by Gasteiger charge is -2.03. The van der Waals surface area contributed by atoms with Crippen molar-refractivity contribution >= 4 is 23.1 Å². The highest BCUT2D eigenvalue weighted by Crippen LogP contribution is 2.36. The summed E-state index contributed by atoms with van der Waals surface area (Å²) in [6, 6.07) is 7.55. The minimum Gasteiger partial charge on any atom is -0.454 e. The monoisotopic (exact) mass is 356 g/mol. The Kier molecular flexibility index (Phi) is 3.89. The molecular weight excluding hydrogens is 340 g/mol. The zero-order valence-electron chi connectivity index (χ0n) is 13.8. The fourth-order valence-electron chi connectivity index (χ4n) is 2.63. The molecule has 0 atom stereocenters. The van der Waals surface area contributed by atoms with Crippen LogP contribution in [0.3, 0.4) is 0 Å². The van der Waals surface area contributed by atoms with E-state index >= 15 is 0 Å². The molecular formula is C17H16N4O3S. The standard InChI is InChI=1S/C17H16N4O3S/c1-10-5-15(21(2)20-10)19-16(22)7-12-8-25-17(18-12)11-3-4-13-14(6-11)24-9-23-13/h3-6,8H,7,9H2,1-2H3,(H,19,22). The summed E-state index contributed by atoms with van der Waals surface area (Å²) in [4.78, 5) is 16.8. The van der Waals surface area contributed by atoms with Crippen molar-refractivity contribution < 1.29 is 14.3 Å². The molecule has 128 valence electrons. The molecule has 0 saturated carbocycles. The minimum absolute atomic E-state index is 0.120. The Labute approximate surface area is 148 Å². The van der Waals surface area contributed by atoms with E-state index in [0.29, 0.717) is 5.82 Å². The molecule has 1 amide bonds. The molecule has 0 bridgehead atoms. The topological polar surface area (TPSA) is 78.3 Å². The van der Waals surface area contributed by atoms with Gasteiger partial charge < -0.3 is 14.8 Å². The smallest absolute Gasteiger partial charge is 0.231 e. The third-order valence-electron chi connectivity index (χ3n) is 3.78. The molecule has 1 aromatic carbocycles. The van der Waals surface area contributed by atoms with Crippen LogP contribution in [0.2, 0.25) is 0 Å². The Morgan fingerprint density at radius 2 is 2.16 bits per heavy atom. The van der Waals surface area contributed by atoms with Crippen LogP contribution in [0.25, 0.3) is 10.6 Å². The predicted molar refractivity (Wildman–Crippen MR) is 94.0 cm³/mol. The molecule has 1 aliphatic heterocycles. The summed E-state index contributed by atoms with van der Waals surface area (Å²) >= 11 is 1.50. The summed E-state index contributed by atoms with van der Waals surface area (Å²) in [6.45, 7) is 2.13. The van der Waals surface area contributed by atoms with Crippen molar-refractivity contribution in [2.24, 2.45) is 7.05 Å². The van der Waals surface area contributed by atoms with Crippen LogP contribution in [0.4, 0.5) is 5.82 Å². The predicted octanol–water partition coefficient (Wildman–Crippen LogP) is 2.76. The van der Waals surface area contributed by atoms with Crippen LogP contribution in [0.1, 0.15) is 11.4 Å². The van der Waals surface area contributed by atoms with Gasteiger partial charge in [0.1, 0.15) is 10.8 Å². The first-order valence-electron chi connectivity index (χ1n) is 7.73. The zero-order valence-corrected chi connectivity index (χ0v) is 14.6. The lowest BCUT2D eigenvalue weighted by atomic mass is 10.2. The van der Waals surface area contributed by atoms with Crippen LogP contribution in [-0.4, -0.2) is 27.5 Å². The molecule has 8 heteroatoms. The van der Waals surface area contributed by atoms with Gasteiger partial charge in [-0.3, -0.25) is 9.48 Å². The second kappa shape index (κ2) is 6.21. The molecule has 0 saturated heterocycles. The number of hydrogen-bond acceptors (Lipinski definition) is 6. The van der Waals surface area contributed by atoms with Gasteiger partial charge in [0.05, 0.1) is 17.8 Å². The molecule has 4 rings (SSSR count). The zero-order chi connectivity index (χ0) is 17.4. The van der Waals surface area contributed by atoms with Gasteiger partial charge in [-0.1, -0.05) is 0 Å². The van der Waals surface area contributed by atoms with Gasteiger partial charge >= 0.3 is 0 Å². The number of nitrogens with one attached hydrogen (secondary N) is 1. The van der Waals surface area contributed by atoms with Crippen molar-refractivity contribution in [3.8, 4) is 22.1 Å². The summed E-state index contributed by atoms with van der Waals surface area (Å²) < 4.78 is 12.4. The van der Waals surface area contributed by atoms with Crippen LogP contribution < -0.4 is 14.8 Å². The number of thiazole rings is 1. The van der Waals surface area contributed by atoms with Gasteiger partial charge in [0.2, 0.25) is 12.7 Å². The van der Waals surface area contributed by atoms with Gasteiger partial charge in [-0.05, 0) is 25.1 Å². The molecule has 0 aliphatic carbocycles. The summed E-state index contributed by atoms with van der Waals surface area (Å²) in [5.41, 5.74) is 2.54. The van der Waals surface area contributed by atoms with Crippen molar-refractivity contribution in [3.63, 3.8) is 0 Å². The van der Waals surface area contributed by atoms with Gasteiger partial charge in [-0.2, -0.15) is 5.10 Å². The fourth-order valence-corrected chi connectivity index (χ4v) is 3.45. The first-order valence-corrected chi connectivity index (χ1v) is 8.61. The maximum absolute atomic E-state index is 12.2. The third-order valence-corrected chi connectivity index (χ3v) is 4.72. The summed E-state index contributed by atoms with van der Waals surface area (Å²) in [7, 11) is 1.79. The molecule has 0 unspecified atom stereocenters. The molecule has 25 heavy (non-hydrogen) atoms. The molecule has 7 nitrogen and oxygen atoms in total. The highest BCUT2D eigenvalue weighted by molar-refractivity contribution is 7.13. The fraction of sp³-hybridized carbons (Fsp3) is 0.235. The first kappa shape index (κ1) is 15.6. The maximum Gasteiger partial charge on any atom is 0.231 e. The SMILES string of the molecule is Cc1cc(NC(=O)Cc2csc(-c3ccc4c(c3)OCO4)n2)n(C)n1. The second-order valence-corrected chi connectivity index (χ2v) is 6.59. The van der Waals surface area contributed by atoms with Crippen LogP contribution >= 0.6 is 11.3 Å². The van der Waals surface area contributed by atoms with Crippen molar-refractivity contribution in [3.05, 3.63) is 41.0 Å². The van der Waals surface area contributed by atoms with Crippen molar-refractivity contribution in [1.29, 1.82) is 0 Å². The quantitative estimate of drug-likeness (QED) is 0.778. The molecule has 1 N–H and O–H groups in total. The highest BCUT2D eigenvalue weighted by atomic mass is 32.1. The largest absolute Gasteiger partial charge is 0.454 e. The van der Waals surface area contributed by atoms with Gasteiger partial charge in [0.15, 0.2) is 11.5 Å². The second-order valence-electron chi connectivity index (χ2n) is 5.73. The number of rotatable bonds is 4. The van der Waals surface area contributed by atoms with Gasteiger partial charge in [-0.25, -0.2) is 4.98 Å². The van der Waals surface area contributed by atoms with E-state index in [4.69, 9.17) is 9.47 Å². The number of carbonyl (C=O) groups is 1. The van der Waals surface area contributed by atoms with E-state index in [1.54, 1.807) is 11.7 Å². The molecule has 3 aromatic rings. The molecule has 0 radical (unpaired) electrons. The lowest BCUT2D eigenvalue weighted by molar-refractivity contribution is -0.115. The van der Waals surface area contributed by atoms with Crippen molar-refractivity contribution in [1.82, 2.24) is 14.8 Å². The van der Waals surface area contributed by atoms with Crippen molar-refractivity contribution in [2.45, 2.75) is 13.3 Å². The maximum atomic E-state index is 12.2. The van der Waals surface area contributed by atoms with Crippen LogP contribution in [0.15, 0.2) is 29.6 Å². The Morgan fingerprint density at radius 1 is 1.32 bits per heavy atom. The summed E-state index contributed by atoms with van der Waals surface area (Å²) in [5.74, 6) is 2.02. The average Bonchev–Trinajstić information content (AvgIpc) is 3.27. The molecule has 2 aromatic heterocycles. The number of ether oxygens (including phenoxy) is 2. The highest BCUT2D eigenvalue weighted by Gasteiger charge is 2.16. The normalized spacial score (nSPS) is 12.4. The van der Waals surface area contributed by atoms with E-state index in [1.807, 2.05) is 36.6 Å². The van der Waals surface area contributed by atoms with Crippen LogP contribution in [0, 0.1) is 6.92 Å². The first-order chi connectivity index (χ1) is 12.1. The third kappa shape index (κ3) is 3.20. The van der Waals surface area contributed by atoms with E-state index < -0.39 is 0 Å². The van der Waals surface area contributed by atoms with E-state index in [-0.39, 0.29) is 19.1 Å². The Hall–Kier alpha value is -2.87. The number of nitrogens with zero attached hydrogens (tertiary/aromatic N) is 3. The Balaban J connectivity index is 1.46. The number of aryl methyl sites for hydroxylation is 2. The van der Waals surface area contributed by atoms with E-state index in [9.17, 15) is 4.79 Å². The lowest BCUT2D eigenvalue weighted by Crippen LogP contribution is -2.16. The molecule has 0 spiro atoms. The van der Waals surface area contributed by atoms with Crippen molar-refractivity contribution in [2.75, 3.05) is 12.1 Å². The molecule has 0 fully saturated rings. The van der Waals surface area contributed by atoms with E-state index in [2.05, 4.69) is 15.4 Å². The number of amides is 1. The van der Waals surface area contributed by atoms with E-state index in [0.717, 1.165) is 33.5 Å². The minimum atomic E-state index is -0.120. The van der Waals surface area contributed by atoms with Gasteiger partial charge in [-0.15, -0.1) is 11.3 Å².